The van der Waals surface area contributed by atoms with E-state index in [4.69, 9.17) is 44.1 Å². The van der Waals surface area contributed by atoms with Crippen LogP contribution in [0.1, 0.15) is 27.1 Å². The van der Waals surface area contributed by atoms with Gasteiger partial charge in [-0.3, -0.25) is 0 Å². The molecular formula is C17H16Cl2N2O4. The van der Waals surface area contributed by atoms with E-state index in [-0.39, 0.29) is 23.3 Å². The van der Waals surface area contributed by atoms with Gasteiger partial charge in [0.25, 0.3) is 0 Å². The Balaban J connectivity index is 1.73. The normalized spacial score (nSPS) is 10.3. The quantitative estimate of drug-likeness (QED) is 0.449. The second-order valence-electron chi connectivity index (χ2n) is 5.10. The third-order valence-corrected chi connectivity index (χ3v) is 3.88. The lowest BCUT2D eigenvalue weighted by atomic mass is 10.2. The molecule has 2 aromatic carbocycles. The van der Waals surface area contributed by atoms with Crippen LogP contribution in [-0.2, 0) is 9.47 Å². The molecule has 0 saturated heterocycles. The topological polar surface area (TPSA) is 105 Å². The fourth-order valence-electron chi connectivity index (χ4n) is 1.86. The molecule has 25 heavy (non-hydrogen) atoms. The van der Waals surface area contributed by atoms with Crippen LogP contribution in [0.3, 0.4) is 0 Å². The fraction of sp³-hybridized carbons (Fsp3) is 0.176. The van der Waals surface area contributed by atoms with Crippen LogP contribution >= 0.6 is 23.2 Å². The summed E-state index contributed by atoms with van der Waals surface area (Å²) in [5, 5.41) is 0.566. The Morgan fingerprint density at radius 1 is 0.800 bits per heavy atom. The third-order valence-electron chi connectivity index (χ3n) is 3.23. The summed E-state index contributed by atoms with van der Waals surface area (Å²) < 4.78 is 10.2. The van der Waals surface area contributed by atoms with Gasteiger partial charge in [-0.15, -0.1) is 0 Å². The highest BCUT2D eigenvalue weighted by Gasteiger charge is 2.11. The fourth-order valence-corrected chi connectivity index (χ4v) is 2.22. The summed E-state index contributed by atoms with van der Waals surface area (Å²) in [5.74, 6) is -1.06. The predicted octanol–water partition coefficient (Wildman–Crippen LogP) is 3.56. The first-order chi connectivity index (χ1) is 11.9. The van der Waals surface area contributed by atoms with Crippen molar-refractivity contribution >= 4 is 46.5 Å². The van der Waals surface area contributed by atoms with Crippen molar-refractivity contribution in [1.29, 1.82) is 0 Å². The molecule has 8 heteroatoms. The van der Waals surface area contributed by atoms with Gasteiger partial charge in [-0.05, 0) is 36.4 Å². The number of ether oxygens (including phenoxy) is 2. The molecule has 0 bridgehead atoms. The Kier molecular flexibility index (Phi) is 6.50. The summed E-state index contributed by atoms with van der Waals surface area (Å²) in [6.07, 6.45) is 0.350. The Hall–Kier alpha value is -2.44. The number of hydrogen-bond acceptors (Lipinski definition) is 6. The van der Waals surface area contributed by atoms with Gasteiger partial charge in [0.2, 0.25) is 0 Å². The summed E-state index contributed by atoms with van der Waals surface area (Å²) in [6, 6.07) is 8.97. The average Bonchev–Trinajstić information content (AvgIpc) is 2.59. The molecule has 0 atom stereocenters. The van der Waals surface area contributed by atoms with E-state index in [1.807, 2.05) is 0 Å². The number of hydrogen-bond donors (Lipinski definition) is 2. The maximum Gasteiger partial charge on any atom is 0.338 e. The lowest BCUT2D eigenvalue weighted by Crippen LogP contribution is -2.11. The van der Waals surface area contributed by atoms with Crippen LogP contribution in [0.15, 0.2) is 36.4 Å². The van der Waals surface area contributed by atoms with E-state index in [1.165, 1.54) is 36.4 Å². The molecule has 0 fully saturated rings. The predicted molar refractivity (Wildman–Crippen MR) is 96.9 cm³/mol. The molecule has 0 heterocycles. The van der Waals surface area contributed by atoms with E-state index in [0.717, 1.165) is 0 Å². The average molecular weight is 383 g/mol. The van der Waals surface area contributed by atoms with E-state index in [1.54, 1.807) is 0 Å². The molecule has 0 spiro atoms. The molecule has 0 radical (unpaired) electrons. The first-order valence-electron chi connectivity index (χ1n) is 7.33. The molecule has 0 aromatic heterocycles. The summed E-state index contributed by atoms with van der Waals surface area (Å²) in [4.78, 5) is 23.7. The summed E-state index contributed by atoms with van der Waals surface area (Å²) in [6.45, 7) is 0.188. The Morgan fingerprint density at radius 2 is 1.20 bits per heavy atom. The van der Waals surface area contributed by atoms with Crippen molar-refractivity contribution in [2.24, 2.45) is 0 Å². The van der Waals surface area contributed by atoms with E-state index in [2.05, 4.69) is 0 Å². The zero-order valence-electron chi connectivity index (χ0n) is 13.1. The van der Waals surface area contributed by atoms with Crippen LogP contribution in [0.4, 0.5) is 11.4 Å². The first-order valence-corrected chi connectivity index (χ1v) is 8.08. The molecule has 0 saturated carbocycles. The molecule has 0 aliphatic rings. The molecule has 0 unspecified atom stereocenters. The summed E-state index contributed by atoms with van der Waals surface area (Å²) >= 11 is 11.7. The zero-order chi connectivity index (χ0) is 18.4. The molecule has 0 aliphatic carbocycles. The lowest BCUT2D eigenvalue weighted by Gasteiger charge is -2.08. The number of anilines is 2. The Bertz CT molecular complexity index is 731. The third kappa shape index (κ3) is 5.27. The monoisotopic (exact) mass is 382 g/mol. The largest absolute Gasteiger partial charge is 0.462 e. The molecule has 132 valence electrons. The van der Waals surface area contributed by atoms with Crippen LogP contribution in [0, 0.1) is 0 Å². The van der Waals surface area contributed by atoms with E-state index >= 15 is 0 Å². The van der Waals surface area contributed by atoms with Crippen LogP contribution in [0.25, 0.3) is 0 Å². The molecular weight excluding hydrogens is 367 g/mol. The van der Waals surface area contributed by atoms with Crippen molar-refractivity contribution in [2.45, 2.75) is 6.42 Å². The molecule has 0 amide bonds. The Labute approximate surface area is 154 Å². The van der Waals surface area contributed by atoms with Gasteiger partial charge in [0.15, 0.2) is 0 Å². The van der Waals surface area contributed by atoms with Gasteiger partial charge in [0, 0.05) is 6.42 Å². The highest BCUT2D eigenvalue weighted by atomic mass is 35.5. The highest BCUT2D eigenvalue weighted by molar-refractivity contribution is 6.33. The molecule has 6 nitrogen and oxygen atoms in total. The number of esters is 2. The second-order valence-corrected chi connectivity index (χ2v) is 5.91. The number of nitrogens with two attached hydrogens (primary N) is 2. The maximum atomic E-state index is 11.8. The number of halogens is 2. The van der Waals surface area contributed by atoms with Crippen LogP contribution in [-0.4, -0.2) is 25.2 Å². The SMILES string of the molecule is Nc1ccc(C(=O)OCCCOC(=O)c2ccc(N)c(Cl)c2)cc1Cl. The number of nitrogen functional groups attached to an aromatic ring is 2. The molecule has 2 aromatic rings. The maximum absolute atomic E-state index is 11.8. The van der Waals surface area contributed by atoms with Crippen molar-refractivity contribution in [1.82, 2.24) is 0 Å². The van der Waals surface area contributed by atoms with Gasteiger partial charge in [-0.2, -0.15) is 0 Å². The van der Waals surface area contributed by atoms with Crippen LogP contribution < -0.4 is 11.5 Å². The van der Waals surface area contributed by atoms with Crippen molar-refractivity contribution in [3.05, 3.63) is 57.6 Å². The smallest absolute Gasteiger partial charge is 0.338 e. The van der Waals surface area contributed by atoms with E-state index < -0.39 is 11.9 Å². The van der Waals surface area contributed by atoms with Gasteiger partial charge in [0.1, 0.15) is 0 Å². The van der Waals surface area contributed by atoms with E-state index in [9.17, 15) is 9.59 Å². The molecule has 0 aliphatic heterocycles. The summed E-state index contributed by atoms with van der Waals surface area (Å²) in [7, 11) is 0. The van der Waals surface area contributed by atoms with E-state index in [0.29, 0.717) is 28.9 Å². The lowest BCUT2D eigenvalue weighted by molar-refractivity contribution is 0.0396. The van der Waals surface area contributed by atoms with Crippen LogP contribution in [0.5, 0.6) is 0 Å². The molecule has 2 rings (SSSR count). The van der Waals surface area contributed by atoms with Gasteiger partial charge >= 0.3 is 11.9 Å². The first kappa shape index (κ1) is 18.9. The standard InChI is InChI=1S/C17H16Cl2N2O4/c18-12-8-10(2-4-14(12)20)16(22)24-6-1-7-25-17(23)11-3-5-15(21)13(19)9-11/h2-5,8-9H,1,6-7,20-21H2. The van der Waals surface area contributed by atoms with Crippen molar-refractivity contribution in [3.63, 3.8) is 0 Å². The molecule has 4 N–H and O–H groups in total. The van der Waals surface area contributed by atoms with Gasteiger partial charge in [0.05, 0.1) is 45.8 Å². The van der Waals surface area contributed by atoms with Gasteiger partial charge in [-0.1, -0.05) is 23.2 Å². The van der Waals surface area contributed by atoms with Crippen molar-refractivity contribution in [2.75, 3.05) is 24.7 Å². The van der Waals surface area contributed by atoms with Gasteiger partial charge < -0.3 is 20.9 Å². The highest BCUT2D eigenvalue weighted by Crippen LogP contribution is 2.21. The number of carbonyl (C=O) groups excluding carboxylic acids is 2. The minimum atomic E-state index is -0.529. The number of benzene rings is 2. The van der Waals surface area contributed by atoms with Crippen molar-refractivity contribution < 1.29 is 19.1 Å². The van der Waals surface area contributed by atoms with Crippen molar-refractivity contribution in [3.8, 4) is 0 Å². The Morgan fingerprint density at radius 3 is 1.56 bits per heavy atom. The second kappa shape index (κ2) is 8.60. The summed E-state index contributed by atoms with van der Waals surface area (Å²) in [5.41, 5.74) is 12.5. The number of rotatable bonds is 6. The van der Waals surface area contributed by atoms with Gasteiger partial charge in [-0.25, -0.2) is 9.59 Å². The zero-order valence-corrected chi connectivity index (χ0v) is 14.6. The number of carbonyl (C=O) groups is 2. The van der Waals surface area contributed by atoms with Crippen LogP contribution in [0.2, 0.25) is 10.0 Å². The minimum absolute atomic E-state index is 0.0939. The minimum Gasteiger partial charge on any atom is -0.462 e.